The van der Waals surface area contributed by atoms with Gasteiger partial charge in [0.1, 0.15) is 0 Å². The van der Waals surface area contributed by atoms with Crippen molar-refractivity contribution in [3.8, 4) is 0 Å². The van der Waals surface area contributed by atoms with Gasteiger partial charge in [-0.15, -0.1) is 0 Å². The van der Waals surface area contributed by atoms with Crippen LogP contribution in [0.15, 0.2) is 0 Å². The van der Waals surface area contributed by atoms with Crippen LogP contribution in [0.5, 0.6) is 0 Å². The Balaban J connectivity index is 2.64. The van der Waals surface area contributed by atoms with E-state index in [1.54, 1.807) is 0 Å². The fourth-order valence-corrected chi connectivity index (χ4v) is 8.22. The molecule has 0 aromatic carbocycles. The Morgan fingerprint density at radius 1 is 0.657 bits per heavy atom. The molecule has 0 aliphatic heterocycles. The standard InChI is InChI=1S/C30H62O3Si2/c1-23(2)27(5,6)25-17-13-15-19-29(25,21-31-34(9)10)33-30(22-32-35(11)12)20-16-14-18-26(30)28(7,8)24(3)4/h23-26,34-35H,13-22H2,1-12H3. The number of hydrogen-bond acceptors (Lipinski definition) is 3. The lowest BCUT2D eigenvalue weighted by Gasteiger charge is -2.60. The summed E-state index contributed by atoms with van der Waals surface area (Å²) in [6.07, 6.45) is 9.89. The summed E-state index contributed by atoms with van der Waals surface area (Å²) in [6.45, 7) is 30.4. The minimum absolute atomic E-state index is 0.203. The first-order valence-electron chi connectivity index (χ1n) is 15.0. The summed E-state index contributed by atoms with van der Waals surface area (Å²) < 4.78 is 21.2. The van der Waals surface area contributed by atoms with Crippen molar-refractivity contribution >= 4 is 18.1 Å². The molecule has 2 aliphatic rings. The molecule has 5 heteroatoms. The molecule has 0 radical (unpaired) electrons. The first kappa shape index (κ1) is 31.5. The molecule has 3 nitrogen and oxygen atoms in total. The summed E-state index contributed by atoms with van der Waals surface area (Å²) in [7, 11) is -2.34. The largest absolute Gasteiger partial charge is 0.418 e. The first-order chi connectivity index (χ1) is 16.1. The van der Waals surface area contributed by atoms with Crippen molar-refractivity contribution < 1.29 is 13.6 Å². The average molecular weight is 527 g/mol. The van der Waals surface area contributed by atoms with Crippen LogP contribution in [0.3, 0.4) is 0 Å². The summed E-state index contributed by atoms with van der Waals surface area (Å²) in [4.78, 5) is 0. The molecule has 208 valence electrons. The van der Waals surface area contributed by atoms with Gasteiger partial charge in [0.05, 0.1) is 24.4 Å². The van der Waals surface area contributed by atoms with Gasteiger partial charge in [-0.05, 0) is 86.4 Å². The van der Waals surface area contributed by atoms with Crippen molar-refractivity contribution in [2.24, 2.45) is 34.5 Å². The molecule has 0 bridgehead atoms. The lowest BCUT2D eigenvalue weighted by Crippen LogP contribution is -2.63. The third-order valence-corrected chi connectivity index (χ3v) is 12.1. The van der Waals surface area contributed by atoms with E-state index in [9.17, 15) is 0 Å². The molecule has 4 unspecified atom stereocenters. The van der Waals surface area contributed by atoms with E-state index in [-0.39, 0.29) is 22.0 Å². The van der Waals surface area contributed by atoms with Crippen LogP contribution in [0.1, 0.15) is 107 Å². The Morgan fingerprint density at radius 3 is 1.29 bits per heavy atom. The van der Waals surface area contributed by atoms with Crippen molar-refractivity contribution in [3.05, 3.63) is 0 Å². The summed E-state index contributed by atoms with van der Waals surface area (Å²) in [6, 6.07) is 0. The van der Waals surface area contributed by atoms with Gasteiger partial charge >= 0.3 is 0 Å². The van der Waals surface area contributed by atoms with Gasteiger partial charge < -0.3 is 13.6 Å². The summed E-state index contributed by atoms with van der Waals surface area (Å²) in [5, 5.41) is 0. The van der Waals surface area contributed by atoms with Crippen LogP contribution < -0.4 is 0 Å². The lowest BCUT2D eigenvalue weighted by molar-refractivity contribution is -0.275. The van der Waals surface area contributed by atoms with E-state index in [0.29, 0.717) is 23.7 Å². The van der Waals surface area contributed by atoms with Gasteiger partial charge in [0.15, 0.2) is 18.1 Å². The van der Waals surface area contributed by atoms with Crippen molar-refractivity contribution in [1.82, 2.24) is 0 Å². The van der Waals surface area contributed by atoms with Crippen LogP contribution in [0.25, 0.3) is 0 Å². The highest BCUT2D eigenvalue weighted by Crippen LogP contribution is 2.56. The zero-order chi connectivity index (χ0) is 26.7. The maximum absolute atomic E-state index is 7.90. The number of hydrogen-bond donors (Lipinski definition) is 0. The van der Waals surface area contributed by atoms with Gasteiger partial charge in [-0.3, -0.25) is 0 Å². The number of ether oxygens (including phenoxy) is 1. The monoisotopic (exact) mass is 526 g/mol. The van der Waals surface area contributed by atoms with Gasteiger partial charge in [0.2, 0.25) is 0 Å². The van der Waals surface area contributed by atoms with E-state index < -0.39 is 18.1 Å². The molecule has 4 atom stereocenters. The van der Waals surface area contributed by atoms with Crippen LogP contribution in [0, 0.1) is 34.5 Å². The van der Waals surface area contributed by atoms with E-state index >= 15 is 0 Å². The quantitative estimate of drug-likeness (QED) is 0.240. The molecule has 2 fully saturated rings. The van der Waals surface area contributed by atoms with E-state index in [4.69, 9.17) is 13.6 Å². The molecule has 2 rings (SSSR count). The zero-order valence-electron chi connectivity index (χ0n) is 25.8. The van der Waals surface area contributed by atoms with Crippen molar-refractivity contribution in [3.63, 3.8) is 0 Å². The predicted molar refractivity (Wildman–Crippen MR) is 157 cm³/mol. The van der Waals surface area contributed by atoms with Crippen LogP contribution in [-0.4, -0.2) is 42.5 Å². The lowest BCUT2D eigenvalue weighted by atomic mass is 9.57. The van der Waals surface area contributed by atoms with Gasteiger partial charge in [-0.25, -0.2) is 0 Å². The van der Waals surface area contributed by atoms with Gasteiger partial charge in [0, 0.05) is 0 Å². The summed E-state index contributed by atoms with van der Waals surface area (Å²) >= 11 is 0. The molecule has 35 heavy (non-hydrogen) atoms. The molecule has 0 aromatic heterocycles. The smallest absolute Gasteiger partial charge is 0.171 e. The average Bonchev–Trinajstić information content (AvgIpc) is 2.76. The van der Waals surface area contributed by atoms with Crippen molar-refractivity contribution in [2.45, 2.75) is 144 Å². The van der Waals surface area contributed by atoms with E-state index in [1.165, 1.54) is 38.5 Å². The second kappa shape index (κ2) is 12.4. The zero-order valence-corrected chi connectivity index (χ0v) is 28.1. The fraction of sp³-hybridized carbons (Fsp3) is 1.00. The molecule has 2 aliphatic carbocycles. The topological polar surface area (TPSA) is 27.7 Å². The van der Waals surface area contributed by atoms with Crippen LogP contribution >= 0.6 is 0 Å². The van der Waals surface area contributed by atoms with E-state index in [1.807, 2.05) is 0 Å². The van der Waals surface area contributed by atoms with Gasteiger partial charge in [-0.1, -0.05) is 81.1 Å². The normalized spacial score (nSPS) is 31.2. The Kier molecular flexibility index (Phi) is 11.2. The second-order valence-corrected chi connectivity index (χ2v) is 19.4. The third kappa shape index (κ3) is 7.25. The van der Waals surface area contributed by atoms with E-state index in [0.717, 1.165) is 26.1 Å². The maximum Gasteiger partial charge on any atom is 0.171 e. The Hall–Kier alpha value is 0.314. The highest BCUT2D eigenvalue weighted by Gasteiger charge is 2.58. The highest BCUT2D eigenvalue weighted by molar-refractivity contribution is 6.48. The minimum atomic E-state index is -1.17. The molecule has 0 aromatic rings. The third-order valence-electron chi connectivity index (χ3n) is 10.5. The van der Waals surface area contributed by atoms with Crippen LogP contribution in [0.2, 0.25) is 26.2 Å². The molecule has 0 heterocycles. The second-order valence-electron chi connectivity index (χ2n) is 14.5. The van der Waals surface area contributed by atoms with Gasteiger partial charge in [0.25, 0.3) is 0 Å². The molecule has 2 saturated carbocycles. The summed E-state index contributed by atoms with van der Waals surface area (Å²) in [5.41, 5.74) is -0.0224. The maximum atomic E-state index is 7.90. The van der Waals surface area contributed by atoms with Crippen LogP contribution in [-0.2, 0) is 13.6 Å². The van der Waals surface area contributed by atoms with Gasteiger partial charge in [-0.2, -0.15) is 0 Å². The fourth-order valence-electron chi connectivity index (χ4n) is 6.99. The molecular formula is C30H62O3Si2. The Morgan fingerprint density at radius 2 is 1.00 bits per heavy atom. The molecule has 0 saturated heterocycles. The van der Waals surface area contributed by atoms with E-state index in [2.05, 4.69) is 81.6 Å². The van der Waals surface area contributed by atoms with Crippen molar-refractivity contribution in [2.75, 3.05) is 13.2 Å². The Labute approximate surface area is 223 Å². The van der Waals surface area contributed by atoms with Crippen LogP contribution in [0.4, 0.5) is 0 Å². The molecule has 0 spiro atoms. The highest BCUT2D eigenvalue weighted by atomic mass is 28.3. The summed E-state index contributed by atoms with van der Waals surface area (Å²) in [5.74, 6) is 2.23. The molecule has 0 amide bonds. The SMILES string of the molecule is CC(C)C(C)(C)C1CCCCC1(CO[SiH](C)C)OC1(CO[SiH](C)C)CCCCC1C(C)(C)C(C)C. The first-order valence-corrected chi connectivity index (χ1v) is 20.6. The predicted octanol–water partition coefficient (Wildman–Crippen LogP) is 8.23. The Bertz CT molecular complexity index is 592. The minimum Gasteiger partial charge on any atom is -0.418 e. The molecular weight excluding hydrogens is 464 g/mol. The van der Waals surface area contributed by atoms with Crippen molar-refractivity contribution in [1.29, 1.82) is 0 Å². The number of rotatable bonds is 12. The molecule has 0 N–H and O–H groups in total.